The molecule has 0 aromatic heterocycles. The Balaban J connectivity index is 3.58. The van der Waals surface area contributed by atoms with Crippen LogP contribution in [0.5, 0.6) is 0 Å². The van der Waals surface area contributed by atoms with Crippen LogP contribution in [0, 0.1) is 0 Å². The first-order chi connectivity index (χ1) is 25.6. The molecule has 0 rings (SSSR count). The quantitative estimate of drug-likeness (QED) is 0.0386. The molecule has 0 aromatic carbocycles. The Morgan fingerprint density at radius 2 is 0.769 bits per heavy atom. The molecule has 0 aliphatic heterocycles. The number of hydrogen-bond donors (Lipinski definition) is 1. The van der Waals surface area contributed by atoms with Crippen molar-refractivity contribution in [2.24, 2.45) is 0 Å². The summed E-state index contributed by atoms with van der Waals surface area (Å²) in [7, 11) is 0. The van der Waals surface area contributed by atoms with Crippen molar-refractivity contribution in [1.29, 1.82) is 0 Å². The highest BCUT2D eigenvalue weighted by Crippen LogP contribution is 2.15. The summed E-state index contributed by atoms with van der Waals surface area (Å²) < 4.78 is 10.6. The molecule has 0 amide bonds. The number of carbonyl (C=O) groups is 2. The molecule has 302 valence electrons. The van der Waals surface area contributed by atoms with E-state index in [-0.39, 0.29) is 25.2 Å². The normalized spacial score (nSPS) is 12.6. The predicted octanol–water partition coefficient (Wildman–Crippen LogP) is 14.2. The van der Waals surface area contributed by atoms with Crippen molar-refractivity contribution in [3.8, 4) is 0 Å². The summed E-state index contributed by atoms with van der Waals surface area (Å²) in [5, 5.41) is 9.58. The van der Waals surface area contributed by atoms with Crippen molar-refractivity contribution in [2.45, 2.75) is 225 Å². The van der Waals surface area contributed by atoms with Gasteiger partial charge in [-0.2, -0.15) is 0 Å². The number of allylic oxidation sites excluding steroid dienone is 8. The largest absolute Gasteiger partial charge is 0.462 e. The fourth-order valence-electron chi connectivity index (χ4n) is 6.24. The fourth-order valence-corrected chi connectivity index (χ4v) is 6.24. The Hall–Kier alpha value is -2.14. The number of ether oxygens (including phenoxy) is 2. The lowest BCUT2D eigenvalue weighted by Crippen LogP contribution is -2.28. The van der Waals surface area contributed by atoms with E-state index in [0.717, 1.165) is 64.2 Å². The number of carbonyl (C=O) groups excluding carboxylic acids is 2. The zero-order chi connectivity index (χ0) is 37.8. The van der Waals surface area contributed by atoms with Crippen LogP contribution in [0.2, 0.25) is 0 Å². The van der Waals surface area contributed by atoms with Gasteiger partial charge in [0, 0.05) is 12.8 Å². The predicted molar refractivity (Wildman–Crippen MR) is 224 cm³/mol. The maximum Gasteiger partial charge on any atom is 0.306 e. The standard InChI is InChI=1S/C47H84O5/c1-3-5-7-9-11-13-15-17-19-21-23-25-27-29-31-33-35-37-39-41-46(49)51-44-45(43-48)52-47(50)42-40-38-36-34-32-30-28-26-24-22-20-18-16-14-12-10-8-6-4-2/h12,14,18,20,24,26,30,32,45,48H,3-11,13,15-17,19,21-23,25,27-29,31,33-44H2,1-2H3/b14-12-,20-18-,26-24-,32-30-/t45-/m0/s1. The van der Waals surface area contributed by atoms with Crippen molar-refractivity contribution < 1.29 is 24.2 Å². The molecule has 1 atom stereocenters. The van der Waals surface area contributed by atoms with Crippen molar-refractivity contribution >= 4 is 11.9 Å². The van der Waals surface area contributed by atoms with E-state index in [1.807, 2.05) is 0 Å². The average Bonchev–Trinajstić information content (AvgIpc) is 3.15. The van der Waals surface area contributed by atoms with E-state index in [1.54, 1.807) is 0 Å². The van der Waals surface area contributed by atoms with Crippen LogP contribution in [0.1, 0.15) is 219 Å². The summed E-state index contributed by atoms with van der Waals surface area (Å²) in [6, 6.07) is 0. The maximum atomic E-state index is 12.2. The molecule has 0 spiro atoms. The minimum atomic E-state index is -0.787. The molecule has 0 fully saturated rings. The summed E-state index contributed by atoms with van der Waals surface area (Å²) in [6.45, 7) is 4.10. The van der Waals surface area contributed by atoms with E-state index in [2.05, 4.69) is 62.5 Å². The smallest absolute Gasteiger partial charge is 0.306 e. The third-order valence-electron chi connectivity index (χ3n) is 9.63. The first kappa shape index (κ1) is 49.9. The number of hydrogen-bond acceptors (Lipinski definition) is 5. The zero-order valence-electron chi connectivity index (χ0n) is 34.3. The summed E-state index contributed by atoms with van der Waals surface area (Å²) in [5.41, 5.74) is 0. The van der Waals surface area contributed by atoms with Crippen LogP contribution < -0.4 is 0 Å². The van der Waals surface area contributed by atoms with Gasteiger partial charge in [-0.3, -0.25) is 9.59 Å². The second kappa shape index (κ2) is 43.3. The van der Waals surface area contributed by atoms with Crippen LogP contribution >= 0.6 is 0 Å². The number of esters is 2. The van der Waals surface area contributed by atoms with Crippen LogP contribution in [-0.4, -0.2) is 36.4 Å². The first-order valence-electron chi connectivity index (χ1n) is 22.2. The highest BCUT2D eigenvalue weighted by molar-refractivity contribution is 5.70. The van der Waals surface area contributed by atoms with E-state index >= 15 is 0 Å². The highest BCUT2D eigenvalue weighted by atomic mass is 16.6. The molecule has 1 N–H and O–H groups in total. The Labute approximate surface area is 322 Å². The molecule has 0 radical (unpaired) electrons. The van der Waals surface area contributed by atoms with Crippen molar-refractivity contribution in [3.05, 3.63) is 48.6 Å². The van der Waals surface area contributed by atoms with Gasteiger partial charge in [-0.25, -0.2) is 0 Å². The first-order valence-corrected chi connectivity index (χ1v) is 22.2. The lowest BCUT2D eigenvalue weighted by Gasteiger charge is -2.15. The van der Waals surface area contributed by atoms with Crippen LogP contribution in [0.25, 0.3) is 0 Å². The molecular weight excluding hydrogens is 645 g/mol. The Kier molecular flexibility index (Phi) is 41.5. The molecule has 0 aromatic rings. The molecule has 0 heterocycles. The van der Waals surface area contributed by atoms with E-state index < -0.39 is 6.10 Å². The van der Waals surface area contributed by atoms with Crippen LogP contribution in [0.15, 0.2) is 48.6 Å². The van der Waals surface area contributed by atoms with E-state index in [1.165, 1.54) is 128 Å². The molecule has 0 saturated heterocycles. The molecule has 0 bridgehead atoms. The van der Waals surface area contributed by atoms with Gasteiger partial charge in [-0.15, -0.1) is 0 Å². The fraction of sp³-hybridized carbons (Fsp3) is 0.787. The van der Waals surface area contributed by atoms with Crippen molar-refractivity contribution in [3.63, 3.8) is 0 Å². The molecule has 0 aliphatic rings. The van der Waals surface area contributed by atoms with Crippen LogP contribution in [0.4, 0.5) is 0 Å². The van der Waals surface area contributed by atoms with E-state index in [4.69, 9.17) is 9.47 Å². The number of aliphatic hydroxyl groups is 1. The lowest BCUT2D eigenvalue weighted by molar-refractivity contribution is -0.161. The molecule has 0 aliphatic carbocycles. The van der Waals surface area contributed by atoms with E-state index in [9.17, 15) is 14.7 Å². The van der Waals surface area contributed by atoms with Gasteiger partial charge in [0.25, 0.3) is 0 Å². The van der Waals surface area contributed by atoms with Gasteiger partial charge in [0.2, 0.25) is 0 Å². The topological polar surface area (TPSA) is 72.8 Å². The average molecular weight is 729 g/mol. The monoisotopic (exact) mass is 729 g/mol. The molecule has 5 nitrogen and oxygen atoms in total. The van der Waals surface area contributed by atoms with Gasteiger partial charge in [0.1, 0.15) is 6.61 Å². The minimum Gasteiger partial charge on any atom is -0.462 e. The molecule has 52 heavy (non-hydrogen) atoms. The van der Waals surface area contributed by atoms with Gasteiger partial charge in [0.15, 0.2) is 6.10 Å². The summed E-state index contributed by atoms with van der Waals surface area (Å²) in [4.78, 5) is 24.3. The van der Waals surface area contributed by atoms with Crippen LogP contribution in [0.3, 0.4) is 0 Å². The third kappa shape index (κ3) is 40.6. The Morgan fingerprint density at radius 1 is 0.442 bits per heavy atom. The minimum absolute atomic E-state index is 0.0771. The zero-order valence-corrected chi connectivity index (χ0v) is 34.3. The number of rotatable bonds is 40. The Morgan fingerprint density at radius 3 is 1.19 bits per heavy atom. The van der Waals surface area contributed by atoms with Gasteiger partial charge in [0.05, 0.1) is 6.61 Å². The van der Waals surface area contributed by atoms with Gasteiger partial charge in [-0.1, -0.05) is 197 Å². The molecule has 0 saturated carbocycles. The summed E-state index contributed by atoms with van der Waals surface area (Å²) >= 11 is 0. The highest BCUT2D eigenvalue weighted by Gasteiger charge is 2.16. The molecule has 0 unspecified atom stereocenters. The Bertz CT molecular complexity index is 873. The van der Waals surface area contributed by atoms with Gasteiger partial charge >= 0.3 is 11.9 Å². The second-order valence-electron chi connectivity index (χ2n) is 14.8. The van der Waals surface area contributed by atoms with Crippen LogP contribution in [-0.2, 0) is 19.1 Å². The summed E-state index contributed by atoms with van der Waals surface area (Å²) in [5.74, 6) is -0.620. The van der Waals surface area contributed by atoms with Crippen molar-refractivity contribution in [1.82, 2.24) is 0 Å². The van der Waals surface area contributed by atoms with Gasteiger partial charge < -0.3 is 14.6 Å². The SMILES string of the molecule is CCCCC/C=C\C/C=C\C/C=C\C/C=C\CCCCCC(=O)O[C@@H](CO)COC(=O)CCCCCCCCCCCCCCCCCCCCC. The second-order valence-corrected chi connectivity index (χ2v) is 14.8. The summed E-state index contributed by atoms with van der Waals surface area (Å²) in [6.07, 6.45) is 54.7. The van der Waals surface area contributed by atoms with Gasteiger partial charge in [-0.05, 0) is 57.8 Å². The van der Waals surface area contributed by atoms with Crippen molar-refractivity contribution in [2.75, 3.05) is 13.2 Å². The molecular formula is C47H84O5. The molecule has 5 heteroatoms. The maximum absolute atomic E-state index is 12.2. The lowest BCUT2D eigenvalue weighted by atomic mass is 10.0. The number of unbranched alkanes of at least 4 members (excludes halogenated alkanes) is 24. The number of aliphatic hydroxyl groups excluding tert-OH is 1. The van der Waals surface area contributed by atoms with E-state index in [0.29, 0.717) is 12.8 Å². The third-order valence-corrected chi connectivity index (χ3v) is 9.63.